The van der Waals surface area contributed by atoms with Crippen molar-refractivity contribution in [2.75, 3.05) is 19.5 Å². The Kier molecular flexibility index (Phi) is 5.00. The normalized spacial score (nSPS) is 12.3. The van der Waals surface area contributed by atoms with Crippen molar-refractivity contribution in [1.82, 2.24) is 9.97 Å². The highest BCUT2D eigenvalue weighted by atomic mass is 32.2. The maximum absolute atomic E-state index is 11.5. The van der Waals surface area contributed by atoms with Crippen molar-refractivity contribution in [2.24, 2.45) is 0 Å². The van der Waals surface area contributed by atoms with Crippen molar-refractivity contribution in [2.45, 2.75) is 5.75 Å². The summed E-state index contributed by atoms with van der Waals surface area (Å²) in [5.74, 6) is -0.646. The molecule has 0 amide bonds. The van der Waals surface area contributed by atoms with E-state index in [0.717, 1.165) is 0 Å². The number of carboxylic acid groups (broad SMARTS) is 1. The highest BCUT2D eigenvalue weighted by molar-refractivity contribution is 7.84. The van der Waals surface area contributed by atoms with E-state index in [1.54, 1.807) is 0 Å². The second-order valence-corrected chi connectivity index (χ2v) is 4.55. The van der Waals surface area contributed by atoms with Crippen molar-refractivity contribution >= 4 is 16.8 Å². The van der Waals surface area contributed by atoms with Gasteiger partial charge in [0.05, 0.1) is 18.1 Å². The second-order valence-electron chi connectivity index (χ2n) is 2.97. The van der Waals surface area contributed by atoms with Crippen LogP contribution in [-0.4, -0.2) is 44.7 Å². The molecule has 1 atom stereocenters. The first kappa shape index (κ1) is 12.7. The third kappa shape index (κ3) is 3.67. The molecule has 6 nitrogen and oxygen atoms in total. The molecule has 16 heavy (non-hydrogen) atoms. The Balaban J connectivity index is 2.73. The molecule has 7 heteroatoms. The molecule has 0 aliphatic heterocycles. The molecule has 88 valence electrons. The van der Waals surface area contributed by atoms with Crippen molar-refractivity contribution in [3.05, 3.63) is 23.8 Å². The van der Waals surface area contributed by atoms with E-state index in [1.807, 2.05) is 0 Å². The summed E-state index contributed by atoms with van der Waals surface area (Å²) in [6.45, 7) is 0.375. The summed E-state index contributed by atoms with van der Waals surface area (Å²) in [5, 5.41) is 8.85. The molecule has 0 radical (unpaired) electrons. The Hall–Kier alpha value is -1.34. The van der Waals surface area contributed by atoms with Crippen LogP contribution >= 0.6 is 0 Å². The summed E-state index contributed by atoms with van der Waals surface area (Å²) in [6.07, 6.45) is 2.45. The molecule has 1 N–H and O–H groups in total. The number of carbonyl (C=O) groups is 1. The molecule has 1 rings (SSSR count). The Morgan fingerprint density at radius 1 is 1.62 bits per heavy atom. The Morgan fingerprint density at radius 3 is 3.00 bits per heavy atom. The van der Waals surface area contributed by atoms with Crippen LogP contribution in [-0.2, 0) is 21.3 Å². The average Bonchev–Trinajstić information content (AvgIpc) is 2.27. The quantitative estimate of drug-likeness (QED) is 0.761. The lowest BCUT2D eigenvalue weighted by Crippen LogP contribution is -2.11. The Labute approximate surface area is 95.1 Å². The topological polar surface area (TPSA) is 89.4 Å². The van der Waals surface area contributed by atoms with E-state index < -0.39 is 16.8 Å². The predicted molar refractivity (Wildman–Crippen MR) is 57.6 cm³/mol. The summed E-state index contributed by atoms with van der Waals surface area (Å²) in [7, 11) is 0.342. The molecule has 0 saturated carbocycles. The van der Waals surface area contributed by atoms with E-state index in [9.17, 15) is 9.00 Å². The predicted octanol–water partition coefficient (Wildman–Crippen LogP) is 0.0699. The zero-order chi connectivity index (χ0) is 12.0. The van der Waals surface area contributed by atoms with E-state index in [4.69, 9.17) is 9.84 Å². The lowest BCUT2D eigenvalue weighted by molar-refractivity contribution is 0.0695. The minimum atomic E-state index is -1.18. The van der Waals surface area contributed by atoms with Gasteiger partial charge in [-0.15, -0.1) is 0 Å². The molecule has 0 aliphatic rings. The van der Waals surface area contributed by atoms with Crippen LogP contribution in [0.25, 0.3) is 0 Å². The fraction of sp³-hybridized carbons (Fsp3) is 0.444. The van der Waals surface area contributed by atoms with Gasteiger partial charge in [-0.25, -0.2) is 14.8 Å². The maximum atomic E-state index is 11.5. The number of nitrogens with zero attached hydrogens (tertiary/aromatic N) is 2. The summed E-state index contributed by atoms with van der Waals surface area (Å²) in [6, 6.07) is 0. The van der Waals surface area contributed by atoms with Gasteiger partial charge in [-0.2, -0.15) is 0 Å². The van der Waals surface area contributed by atoms with Gasteiger partial charge in [0.1, 0.15) is 11.9 Å². The van der Waals surface area contributed by atoms with Gasteiger partial charge in [-0.3, -0.25) is 4.21 Å². The number of ether oxygens (including phenoxy) is 1. The first-order chi connectivity index (χ1) is 7.65. The summed E-state index contributed by atoms with van der Waals surface area (Å²) >= 11 is 0. The number of hydrogen-bond acceptors (Lipinski definition) is 5. The molecule has 0 spiro atoms. The van der Waals surface area contributed by atoms with Gasteiger partial charge < -0.3 is 9.84 Å². The molecular formula is C9H12N2O4S. The van der Waals surface area contributed by atoms with Crippen LogP contribution in [0.4, 0.5) is 0 Å². The molecule has 0 fully saturated rings. The fourth-order valence-electron chi connectivity index (χ4n) is 1.05. The highest BCUT2D eigenvalue weighted by Gasteiger charge is 2.13. The number of rotatable bonds is 6. The number of aromatic carboxylic acids is 1. The molecule has 0 saturated heterocycles. The summed E-state index contributed by atoms with van der Waals surface area (Å²) in [4.78, 5) is 18.3. The number of aromatic nitrogens is 2. The van der Waals surface area contributed by atoms with Crippen molar-refractivity contribution in [3.63, 3.8) is 0 Å². The Morgan fingerprint density at radius 2 is 2.38 bits per heavy atom. The molecule has 1 aromatic rings. The van der Waals surface area contributed by atoms with E-state index in [2.05, 4.69) is 9.97 Å². The van der Waals surface area contributed by atoms with Gasteiger partial charge in [-0.05, 0) is 0 Å². The van der Waals surface area contributed by atoms with Gasteiger partial charge >= 0.3 is 5.97 Å². The van der Waals surface area contributed by atoms with Gasteiger partial charge in [0, 0.05) is 29.9 Å². The zero-order valence-electron chi connectivity index (χ0n) is 8.75. The second kappa shape index (κ2) is 6.29. The van der Waals surface area contributed by atoms with Crippen LogP contribution in [0.1, 0.15) is 16.1 Å². The largest absolute Gasteiger partial charge is 0.478 e. The summed E-state index contributed by atoms with van der Waals surface area (Å²) in [5.41, 5.74) is 0.283. The molecule has 0 aromatic carbocycles. The highest BCUT2D eigenvalue weighted by Crippen LogP contribution is 2.06. The third-order valence-electron chi connectivity index (χ3n) is 1.84. The SMILES string of the molecule is COCCS(=O)Cc1ncncc1C(=O)O. The Bertz CT molecular complexity index is 397. The van der Waals surface area contributed by atoms with Crippen molar-refractivity contribution in [1.29, 1.82) is 0 Å². The third-order valence-corrected chi connectivity index (χ3v) is 3.06. The molecule has 0 aliphatic carbocycles. The van der Waals surface area contributed by atoms with Crippen LogP contribution in [0.5, 0.6) is 0 Å². The van der Waals surface area contributed by atoms with E-state index in [1.165, 1.54) is 19.6 Å². The molecular weight excluding hydrogens is 232 g/mol. The van der Waals surface area contributed by atoms with Gasteiger partial charge in [-0.1, -0.05) is 0 Å². The smallest absolute Gasteiger partial charge is 0.339 e. The van der Waals surface area contributed by atoms with E-state index in [-0.39, 0.29) is 17.0 Å². The molecule has 1 aromatic heterocycles. The number of hydrogen-bond donors (Lipinski definition) is 1. The first-order valence-electron chi connectivity index (χ1n) is 4.51. The average molecular weight is 244 g/mol. The minimum absolute atomic E-state index is 0.00623. The molecule has 1 unspecified atom stereocenters. The first-order valence-corrected chi connectivity index (χ1v) is 6.00. The van der Waals surface area contributed by atoms with Gasteiger partial charge in [0.2, 0.25) is 0 Å². The maximum Gasteiger partial charge on any atom is 0.339 e. The summed E-state index contributed by atoms with van der Waals surface area (Å²) < 4.78 is 16.3. The van der Waals surface area contributed by atoms with Crippen LogP contribution in [0.3, 0.4) is 0 Å². The van der Waals surface area contributed by atoms with E-state index in [0.29, 0.717) is 12.4 Å². The van der Waals surface area contributed by atoms with Crippen LogP contribution in [0.2, 0.25) is 0 Å². The van der Waals surface area contributed by atoms with Gasteiger partial charge in [0.25, 0.3) is 0 Å². The number of methoxy groups -OCH3 is 1. The minimum Gasteiger partial charge on any atom is -0.478 e. The van der Waals surface area contributed by atoms with Crippen LogP contribution in [0, 0.1) is 0 Å². The lowest BCUT2D eigenvalue weighted by Gasteiger charge is -2.03. The van der Waals surface area contributed by atoms with Gasteiger partial charge in [0.15, 0.2) is 0 Å². The van der Waals surface area contributed by atoms with Crippen molar-refractivity contribution < 1.29 is 18.8 Å². The number of carboxylic acids is 1. The zero-order valence-corrected chi connectivity index (χ0v) is 9.57. The standard InChI is InChI=1S/C9H12N2O4S/c1-15-2-3-16(14)5-8-7(9(12)13)4-10-6-11-8/h4,6H,2-3,5H2,1H3,(H,12,13). The molecule has 1 heterocycles. The molecule has 0 bridgehead atoms. The van der Waals surface area contributed by atoms with Crippen molar-refractivity contribution in [3.8, 4) is 0 Å². The lowest BCUT2D eigenvalue weighted by atomic mass is 10.2. The van der Waals surface area contributed by atoms with Crippen LogP contribution in [0.15, 0.2) is 12.5 Å². The monoisotopic (exact) mass is 244 g/mol. The fourth-order valence-corrected chi connectivity index (χ4v) is 2.08. The van der Waals surface area contributed by atoms with E-state index >= 15 is 0 Å². The van der Waals surface area contributed by atoms with Crippen LogP contribution < -0.4 is 0 Å².